The van der Waals surface area contributed by atoms with Gasteiger partial charge in [-0.1, -0.05) is 107 Å². The SMILES string of the molecule is [B]c1c([B])c([B])c(-c2c3ccccc3c(-c3cc4ccccc4c4cc(C)ccc34)c3ccccc23)c([B])c1[B]. The number of fused-ring (bicyclic) bond motifs is 5. The molecule has 10 radical (unpaired) electrons. The van der Waals surface area contributed by atoms with E-state index in [4.69, 9.17) is 39.2 Å². The zero-order valence-electron chi connectivity index (χ0n) is 22.1. The fourth-order valence-corrected chi connectivity index (χ4v) is 6.23. The Labute approximate surface area is 240 Å². The molecule has 5 heteroatoms. The van der Waals surface area contributed by atoms with Gasteiger partial charge in [-0.15, -0.1) is 16.4 Å². The molecule has 0 N–H and O–H groups in total. The summed E-state index contributed by atoms with van der Waals surface area (Å²) >= 11 is 0. The topological polar surface area (TPSA) is 0 Å². The second-order valence-corrected chi connectivity index (χ2v) is 10.5. The summed E-state index contributed by atoms with van der Waals surface area (Å²) in [6, 6.07) is 34.3. The lowest BCUT2D eigenvalue weighted by Crippen LogP contribution is -2.55. The lowest BCUT2D eigenvalue weighted by molar-refractivity contribution is 1.51. The molecule has 174 valence electrons. The Bertz CT molecular complexity index is 2090. The minimum atomic E-state index is 0.210. The molecular weight excluding hydrogens is 474 g/mol. The molecule has 0 heterocycles. The third-order valence-electron chi connectivity index (χ3n) is 8.17. The van der Waals surface area contributed by atoms with Crippen LogP contribution in [0.15, 0.2) is 97.1 Å². The summed E-state index contributed by atoms with van der Waals surface area (Å²) in [5.41, 5.74) is 6.42. The van der Waals surface area contributed by atoms with Gasteiger partial charge in [0.15, 0.2) is 0 Å². The minimum Gasteiger partial charge on any atom is -0.112 e. The largest absolute Gasteiger partial charge is 0.113 e. The maximum absolute atomic E-state index is 6.63. The molecule has 7 aromatic rings. The van der Waals surface area contributed by atoms with Gasteiger partial charge in [-0.25, -0.2) is 0 Å². The average Bonchev–Trinajstić information content (AvgIpc) is 2.98. The summed E-state index contributed by atoms with van der Waals surface area (Å²) in [5, 5.41) is 9.05. The highest BCUT2D eigenvalue weighted by Gasteiger charge is 2.21. The maximum atomic E-state index is 6.63. The van der Waals surface area contributed by atoms with Crippen molar-refractivity contribution in [1.82, 2.24) is 0 Å². The quantitative estimate of drug-likeness (QED) is 0.195. The number of benzene rings is 7. The lowest BCUT2D eigenvalue weighted by atomic mass is 9.59. The van der Waals surface area contributed by atoms with Crippen LogP contribution in [-0.2, 0) is 0 Å². The zero-order valence-corrected chi connectivity index (χ0v) is 22.1. The Morgan fingerprint density at radius 3 is 1.43 bits per heavy atom. The van der Waals surface area contributed by atoms with Crippen LogP contribution >= 0.6 is 0 Å². The molecule has 0 aliphatic rings. The van der Waals surface area contributed by atoms with E-state index in [9.17, 15) is 0 Å². The molecule has 0 aliphatic heterocycles. The summed E-state index contributed by atoms with van der Waals surface area (Å²) in [6.07, 6.45) is 0. The second-order valence-electron chi connectivity index (χ2n) is 10.5. The predicted molar refractivity (Wildman–Crippen MR) is 179 cm³/mol. The van der Waals surface area contributed by atoms with E-state index in [1.54, 1.807) is 0 Å². The van der Waals surface area contributed by atoms with Gasteiger partial charge < -0.3 is 0 Å². The van der Waals surface area contributed by atoms with Crippen LogP contribution in [0, 0.1) is 6.92 Å². The molecule has 0 atom stereocenters. The Balaban J connectivity index is 1.72. The molecule has 0 unspecified atom stereocenters. The molecule has 7 rings (SSSR count). The number of rotatable bonds is 2. The zero-order chi connectivity index (χ0) is 27.7. The molecule has 40 heavy (non-hydrogen) atoms. The van der Waals surface area contributed by atoms with Gasteiger partial charge in [-0.3, -0.25) is 0 Å². The second kappa shape index (κ2) is 9.24. The Hall–Kier alpha value is -4.10. The van der Waals surface area contributed by atoms with Crippen LogP contribution in [0.25, 0.3) is 65.3 Å². The highest BCUT2D eigenvalue weighted by atomic mass is 14.2. The van der Waals surface area contributed by atoms with E-state index in [0.29, 0.717) is 16.5 Å². The van der Waals surface area contributed by atoms with Crippen molar-refractivity contribution in [1.29, 1.82) is 0 Å². The van der Waals surface area contributed by atoms with Gasteiger partial charge in [0, 0.05) is 0 Å². The molecule has 0 saturated carbocycles. The first-order valence-electron chi connectivity index (χ1n) is 13.2. The van der Waals surface area contributed by atoms with Crippen molar-refractivity contribution in [2.45, 2.75) is 6.92 Å². The Morgan fingerprint density at radius 1 is 0.375 bits per heavy atom. The van der Waals surface area contributed by atoms with Crippen molar-refractivity contribution in [3.8, 4) is 22.3 Å². The van der Waals surface area contributed by atoms with Gasteiger partial charge in [0.05, 0.1) is 0 Å². The van der Waals surface area contributed by atoms with Crippen molar-refractivity contribution in [2.24, 2.45) is 0 Å². The number of aryl methyl sites for hydroxylation is 1. The number of hydrogen-bond donors (Lipinski definition) is 0. The van der Waals surface area contributed by atoms with Gasteiger partial charge in [0.2, 0.25) is 0 Å². The Kier molecular flexibility index (Phi) is 5.75. The van der Waals surface area contributed by atoms with E-state index in [0.717, 1.165) is 32.7 Å². The van der Waals surface area contributed by atoms with Crippen LogP contribution in [0.5, 0.6) is 0 Å². The summed E-state index contributed by atoms with van der Waals surface area (Å²) in [5.74, 6) is 0. The fraction of sp³-hybridized carbons (Fsp3) is 0.0286. The van der Waals surface area contributed by atoms with Crippen LogP contribution in [0.4, 0.5) is 0 Å². The fourth-order valence-electron chi connectivity index (χ4n) is 6.23. The molecule has 0 fully saturated rings. The maximum Gasteiger partial charge on any atom is 0.113 e. The molecule has 0 amide bonds. The van der Waals surface area contributed by atoms with Crippen molar-refractivity contribution in [3.05, 3.63) is 103 Å². The molecule has 0 spiro atoms. The van der Waals surface area contributed by atoms with E-state index in [-0.39, 0.29) is 16.4 Å². The normalized spacial score (nSPS) is 11.6. The summed E-state index contributed by atoms with van der Waals surface area (Å²) in [4.78, 5) is 0. The van der Waals surface area contributed by atoms with E-state index in [1.807, 2.05) is 12.1 Å². The molecule has 0 nitrogen and oxygen atoms in total. The van der Waals surface area contributed by atoms with Gasteiger partial charge >= 0.3 is 0 Å². The molecule has 0 aliphatic carbocycles. The predicted octanol–water partition coefficient (Wildman–Crippen LogP) is 3.91. The van der Waals surface area contributed by atoms with Crippen molar-refractivity contribution < 1.29 is 0 Å². The first-order valence-corrected chi connectivity index (χ1v) is 13.2. The van der Waals surface area contributed by atoms with Crippen LogP contribution < -0.4 is 27.3 Å². The van der Waals surface area contributed by atoms with Crippen LogP contribution in [0.2, 0.25) is 0 Å². The van der Waals surface area contributed by atoms with Crippen LogP contribution in [-0.4, -0.2) is 39.2 Å². The minimum absolute atomic E-state index is 0.210. The molecule has 7 aromatic carbocycles. The van der Waals surface area contributed by atoms with Crippen molar-refractivity contribution in [2.75, 3.05) is 0 Å². The van der Waals surface area contributed by atoms with Gasteiger partial charge in [0.1, 0.15) is 39.2 Å². The average molecular weight is 494 g/mol. The highest BCUT2D eigenvalue weighted by Crippen LogP contribution is 2.45. The van der Waals surface area contributed by atoms with E-state index in [2.05, 4.69) is 91.9 Å². The van der Waals surface area contributed by atoms with Crippen molar-refractivity contribution >= 4 is 110 Å². The van der Waals surface area contributed by atoms with Gasteiger partial charge in [-0.05, 0) is 78.3 Å². The van der Waals surface area contributed by atoms with Crippen LogP contribution in [0.3, 0.4) is 0 Å². The monoisotopic (exact) mass is 494 g/mol. The first-order chi connectivity index (χ1) is 19.4. The molecule has 0 bridgehead atoms. The number of hydrogen-bond acceptors (Lipinski definition) is 0. The van der Waals surface area contributed by atoms with E-state index in [1.165, 1.54) is 32.7 Å². The smallest absolute Gasteiger partial charge is 0.112 e. The summed E-state index contributed by atoms with van der Waals surface area (Å²) in [7, 11) is 32.1. The third kappa shape index (κ3) is 3.53. The van der Waals surface area contributed by atoms with Gasteiger partial charge in [-0.2, -0.15) is 0 Å². The first kappa shape index (κ1) is 24.9. The Morgan fingerprint density at radius 2 is 0.850 bits per heavy atom. The lowest BCUT2D eigenvalue weighted by Gasteiger charge is -2.25. The van der Waals surface area contributed by atoms with Crippen molar-refractivity contribution in [3.63, 3.8) is 0 Å². The third-order valence-corrected chi connectivity index (χ3v) is 8.17. The highest BCUT2D eigenvalue weighted by molar-refractivity contribution is 6.69. The van der Waals surface area contributed by atoms with Crippen LogP contribution in [0.1, 0.15) is 5.56 Å². The standard InChI is InChI=1S/C35H19B5/c1-18-14-15-21-26(16-18)20-9-3-2-8-19(20)17-27(21)28-22-10-4-6-12-24(22)29(25-13-7-5-11-23(25)28)30-31(36)33(38)35(40)34(39)32(30)37/h2-17H,1H3. The van der Waals surface area contributed by atoms with Gasteiger partial charge in [0.25, 0.3) is 0 Å². The summed E-state index contributed by atoms with van der Waals surface area (Å²) in [6.45, 7) is 2.14. The van der Waals surface area contributed by atoms with E-state index < -0.39 is 0 Å². The van der Waals surface area contributed by atoms with E-state index >= 15 is 0 Å². The molecule has 0 saturated heterocycles. The molecule has 0 aromatic heterocycles. The molecular formula is C35H19B5. The summed E-state index contributed by atoms with van der Waals surface area (Å²) < 4.78 is 0.